The summed E-state index contributed by atoms with van der Waals surface area (Å²) in [5.74, 6) is -1.78. The molecule has 228 valence electrons. The van der Waals surface area contributed by atoms with Crippen molar-refractivity contribution in [2.24, 2.45) is 5.92 Å². The quantitative estimate of drug-likeness (QED) is 0.280. The van der Waals surface area contributed by atoms with Crippen molar-refractivity contribution in [3.63, 3.8) is 0 Å². The molecule has 2 aliphatic heterocycles. The zero-order valence-corrected chi connectivity index (χ0v) is 25.6. The molecule has 42 heavy (non-hydrogen) atoms. The first-order chi connectivity index (χ1) is 19.9. The van der Waals surface area contributed by atoms with Crippen LogP contribution in [0.4, 0.5) is 5.69 Å². The summed E-state index contributed by atoms with van der Waals surface area (Å²) in [4.78, 5) is 34.3. The van der Waals surface area contributed by atoms with Crippen LogP contribution in [0.25, 0.3) is 6.08 Å². The number of hydrogen-bond donors (Lipinski definition) is 0. The van der Waals surface area contributed by atoms with E-state index in [4.69, 9.17) is 20.5 Å². The van der Waals surface area contributed by atoms with Gasteiger partial charge in [-0.3, -0.25) is 9.78 Å². The molecule has 2 fully saturated rings. The van der Waals surface area contributed by atoms with E-state index in [9.17, 15) is 26.4 Å². The van der Waals surface area contributed by atoms with Crippen molar-refractivity contribution < 1.29 is 35.3 Å². The van der Waals surface area contributed by atoms with Gasteiger partial charge in [0.1, 0.15) is 6.04 Å². The Labute approximate surface area is 251 Å². The Balaban J connectivity index is 1.60. The van der Waals surface area contributed by atoms with Gasteiger partial charge in [0.15, 0.2) is 0 Å². The molecule has 2 aliphatic rings. The lowest BCUT2D eigenvalue weighted by Gasteiger charge is -2.44. The van der Waals surface area contributed by atoms with Crippen molar-refractivity contribution in [3.8, 4) is 0 Å². The topological polar surface area (TPSA) is 143 Å². The lowest BCUT2D eigenvalue weighted by atomic mass is 9.94. The van der Waals surface area contributed by atoms with Crippen LogP contribution in [0.2, 0.25) is 5.02 Å². The van der Waals surface area contributed by atoms with Gasteiger partial charge in [0.2, 0.25) is 16.3 Å². The fourth-order valence-electron chi connectivity index (χ4n) is 4.96. The normalized spacial score (nSPS) is 21.2. The Kier molecular flexibility index (Phi) is 10.3. The third-order valence-corrected chi connectivity index (χ3v) is 9.29. The fourth-order valence-corrected chi connectivity index (χ4v) is 6.89. The van der Waals surface area contributed by atoms with Gasteiger partial charge < -0.3 is 14.5 Å². The van der Waals surface area contributed by atoms with E-state index in [0.29, 0.717) is 40.8 Å². The number of pyridine rings is 1. The average Bonchev–Trinajstić information content (AvgIpc) is 2.95. The summed E-state index contributed by atoms with van der Waals surface area (Å²) in [7, 11) is -8.74. The number of piperidine rings is 1. The highest BCUT2D eigenvalue weighted by molar-refractivity contribution is 7.92. The van der Waals surface area contributed by atoms with Crippen molar-refractivity contribution in [1.29, 1.82) is 0 Å². The third kappa shape index (κ3) is 8.07. The minimum atomic E-state index is -4.46. The number of halogens is 1. The van der Waals surface area contributed by atoms with Crippen LogP contribution >= 0.6 is 11.6 Å². The first-order valence-corrected chi connectivity index (χ1v) is 17.0. The van der Waals surface area contributed by atoms with Crippen molar-refractivity contribution in [2.75, 3.05) is 43.9 Å². The molecule has 2 atom stereocenters. The first kappa shape index (κ1) is 31.9. The maximum atomic E-state index is 13.8. The largest absolute Gasteiger partial charge is 0.464 e. The molecular formula is C27H33ClN4O8S2. The second kappa shape index (κ2) is 13.5. The summed E-state index contributed by atoms with van der Waals surface area (Å²) in [5.41, 5.74) is 1.52. The Morgan fingerprint density at radius 2 is 1.71 bits per heavy atom. The van der Waals surface area contributed by atoms with Crippen LogP contribution in [0.1, 0.15) is 25.3 Å². The smallest absolute Gasteiger partial charge is 0.330 e. The number of aromatic nitrogens is 1. The molecular weight excluding hydrogens is 608 g/mol. The van der Waals surface area contributed by atoms with Crippen LogP contribution in [0.15, 0.2) is 54.2 Å². The minimum Gasteiger partial charge on any atom is -0.464 e. The standard InChI is InChI=1S/C27H33ClN4O8S2/c1-3-39-27(34)24-19-32(42(37,38)17-12-20-4-6-22(28)7-5-20)26(40-41(2,35)36)25(33)31(24)18-21-10-15-30(16-11-21)23-8-13-29-14-9-23/h4-9,12-14,17,21,24,26H,3,10-11,15-16,18-19H2,1-2H3/b17-12+. The van der Waals surface area contributed by atoms with Gasteiger partial charge in [-0.15, -0.1) is 0 Å². The molecule has 2 saturated heterocycles. The van der Waals surface area contributed by atoms with Gasteiger partial charge >= 0.3 is 5.97 Å². The predicted molar refractivity (Wildman–Crippen MR) is 157 cm³/mol. The number of nitrogens with zero attached hydrogens (tertiary/aromatic N) is 4. The first-order valence-electron chi connectivity index (χ1n) is 13.3. The highest BCUT2D eigenvalue weighted by Crippen LogP contribution is 2.29. The Hall–Kier alpha value is -3.04. The second-order valence-electron chi connectivity index (χ2n) is 10.0. The van der Waals surface area contributed by atoms with E-state index in [1.54, 1.807) is 43.6 Å². The Morgan fingerprint density at radius 3 is 2.31 bits per heavy atom. The van der Waals surface area contributed by atoms with Crippen LogP contribution < -0.4 is 4.90 Å². The monoisotopic (exact) mass is 640 g/mol. The predicted octanol–water partition coefficient (Wildman–Crippen LogP) is 2.33. The number of esters is 1. The summed E-state index contributed by atoms with van der Waals surface area (Å²) in [6.07, 6.45) is 4.77. The van der Waals surface area contributed by atoms with E-state index in [1.165, 1.54) is 11.0 Å². The van der Waals surface area contributed by atoms with Gasteiger partial charge in [-0.05, 0) is 61.6 Å². The van der Waals surface area contributed by atoms with Gasteiger partial charge in [-0.2, -0.15) is 12.7 Å². The van der Waals surface area contributed by atoms with Crippen LogP contribution in [-0.4, -0.2) is 94.2 Å². The Morgan fingerprint density at radius 1 is 1.07 bits per heavy atom. The van der Waals surface area contributed by atoms with E-state index in [2.05, 4.69) is 9.88 Å². The van der Waals surface area contributed by atoms with Crippen molar-refractivity contribution in [1.82, 2.24) is 14.2 Å². The molecule has 0 N–H and O–H groups in total. The number of ether oxygens (including phenoxy) is 1. The number of amides is 1. The van der Waals surface area contributed by atoms with E-state index in [-0.39, 0.29) is 19.1 Å². The molecule has 2 unspecified atom stereocenters. The summed E-state index contributed by atoms with van der Waals surface area (Å²) < 4.78 is 62.1. The molecule has 12 nitrogen and oxygen atoms in total. The third-order valence-electron chi connectivity index (χ3n) is 7.04. The number of benzene rings is 1. The molecule has 15 heteroatoms. The van der Waals surface area contributed by atoms with Gasteiger partial charge in [-0.1, -0.05) is 23.7 Å². The van der Waals surface area contributed by atoms with Crippen LogP contribution in [0.5, 0.6) is 0 Å². The van der Waals surface area contributed by atoms with E-state index in [1.807, 2.05) is 12.1 Å². The van der Waals surface area contributed by atoms with Gasteiger partial charge in [-0.25, -0.2) is 17.4 Å². The molecule has 1 aromatic carbocycles. The van der Waals surface area contributed by atoms with Gasteiger partial charge in [0.05, 0.1) is 12.9 Å². The lowest BCUT2D eigenvalue weighted by Crippen LogP contribution is -2.66. The van der Waals surface area contributed by atoms with Crippen LogP contribution in [0, 0.1) is 5.92 Å². The maximum absolute atomic E-state index is 13.8. The summed E-state index contributed by atoms with van der Waals surface area (Å²) in [6, 6.07) is 8.85. The van der Waals surface area contributed by atoms with E-state index in [0.717, 1.165) is 17.4 Å². The minimum absolute atomic E-state index is 0.00811. The van der Waals surface area contributed by atoms with Crippen molar-refractivity contribution in [2.45, 2.75) is 32.0 Å². The number of rotatable bonds is 10. The number of hydrogen-bond acceptors (Lipinski definition) is 10. The molecule has 0 saturated carbocycles. The SMILES string of the molecule is CCOC(=O)C1CN(S(=O)(=O)/C=C/c2ccc(Cl)cc2)C(OS(C)(=O)=O)C(=O)N1CC1CCN(c2ccncc2)CC1. The molecule has 2 aromatic rings. The van der Waals surface area contributed by atoms with Gasteiger partial charge in [0, 0.05) is 54.7 Å². The lowest BCUT2D eigenvalue weighted by molar-refractivity contribution is -0.167. The van der Waals surface area contributed by atoms with Crippen LogP contribution in [-0.2, 0) is 38.7 Å². The number of anilines is 1. The van der Waals surface area contributed by atoms with Crippen molar-refractivity contribution >= 4 is 55.4 Å². The molecule has 0 spiro atoms. The highest BCUT2D eigenvalue weighted by Gasteiger charge is 2.50. The summed E-state index contributed by atoms with van der Waals surface area (Å²) in [5, 5.41) is 1.29. The zero-order chi connectivity index (χ0) is 30.5. The highest BCUT2D eigenvalue weighted by atomic mass is 35.5. The number of carbonyl (C=O) groups excluding carboxylic acids is 2. The molecule has 1 amide bonds. The average molecular weight is 641 g/mol. The maximum Gasteiger partial charge on any atom is 0.330 e. The molecule has 4 rings (SSSR count). The number of piperazine rings is 1. The molecule has 0 radical (unpaired) electrons. The Bertz CT molecular complexity index is 1500. The summed E-state index contributed by atoms with van der Waals surface area (Å²) >= 11 is 5.90. The van der Waals surface area contributed by atoms with E-state index >= 15 is 0 Å². The van der Waals surface area contributed by atoms with Gasteiger partial charge in [0.25, 0.3) is 16.0 Å². The number of carbonyl (C=O) groups is 2. The fraction of sp³-hybridized carbons (Fsp3) is 0.444. The van der Waals surface area contributed by atoms with Crippen molar-refractivity contribution in [3.05, 3.63) is 64.8 Å². The van der Waals surface area contributed by atoms with Crippen LogP contribution in [0.3, 0.4) is 0 Å². The second-order valence-corrected chi connectivity index (χ2v) is 13.8. The number of sulfonamides is 1. The zero-order valence-electron chi connectivity index (χ0n) is 23.2. The molecule has 0 bridgehead atoms. The molecule has 1 aromatic heterocycles. The molecule has 3 heterocycles. The summed E-state index contributed by atoms with van der Waals surface area (Å²) in [6.45, 7) is 2.55. The molecule has 0 aliphatic carbocycles. The van der Waals surface area contributed by atoms with E-state index < -0.39 is 50.8 Å².